The number of carboxylic acid groups (broad SMARTS) is 1. The molecule has 0 saturated heterocycles. The molecule has 0 fully saturated rings. The molecule has 6 heteroatoms. The van der Waals surface area contributed by atoms with E-state index in [0.29, 0.717) is 31.2 Å². The van der Waals surface area contributed by atoms with Crippen molar-refractivity contribution in [1.82, 2.24) is 10.2 Å². The first-order valence-corrected chi connectivity index (χ1v) is 8.12. The van der Waals surface area contributed by atoms with Gasteiger partial charge in [0.2, 0.25) is 0 Å². The topological polar surface area (TPSA) is 69.6 Å². The van der Waals surface area contributed by atoms with E-state index < -0.39 is 12.0 Å². The Morgan fingerprint density at radius 1 is 1.37 bits per heavy atom. The Kier molecular flexibility index (Phi) is 9.47. The van der Waals surface area contributed by atoms with Gasteiger partial charge in [0.05, 0.1) is 0 Å². The third-order valence-corrected chi connectivity index (χ3v) is 3.75. The van der Waals surface area contributed by atoms with Crippen LogP contribution in [0, 0.1) is 5.92 Å². The summed E-state index contributed by atoms with van der Waals surface area (Å²) in [6.45, 7) is 7.31. The fraction of sp³-hybridized carbons (Fsp3) is 0.846. The first-order chi connectivity index (χ1) is 8.96. The number of aliphatic carboxylic acids is 1. The second-order valence-electron chi connectivity index (χ2n) is 4.67. The molecule has 0 heterocycles. The van der Waals surface area contributed by atoms with E-state index in [2.05, 4.69) is 19.2 Å². The molecule has 0 radical (unpaired) electrons. The fourth-order valence-corrected chi connectivity index (χ4v) is 2.07. The summed E-state index contributed by atoms with van der Waals surface area (Å²) in [5.41, 5.74) is 0. The maximum absolute atomic E-state index is 12.0. The molecule has 0 saturated carbocycles. The lowest BCUT2D eigenvalue weighted by Crippen LogP contribution is -2.49. The molecule has 2 atom stereocenters. The third-order valence-electron chi connectivity index (χ3n) is 3.10. The highest BCUT2D eigenvalue weighted by Crippen LogP contribution is 2.06. The van der Waals surface area contributed by atoms with Gasteiger partial charge in [-0.15, -0.1) is 0 Å². The number of carbonyl (C=O) groups excluding carboxylic acids is 1. The van der Waals surface area contributed by atoms with E-state index in [4.69, 9.17) is 5.11 Å². The Morgan fingerprint density at radius 3 is 2.42 bits per heavy atom. The van der Waals surface area contributed by atoms with Crippen molar-refractivity contribution in [2.75, 3.05) is 25.1 Å². The molecule has 0 bridgehead atoms. The summed E-state index contributed by atoms with van der Waals surface area (Å²) < 4.78 is 0. The van der Waals surface area contributed by atoms with Gasteiger partial charge in [-0.25, -0.2) is 9.59 Å². The van der Waals surface area contributed by atoms with E-state index in [1.165, 1.54) is 0 Å². The van der Waals surface area contributed by atoms with Crippen molar-refractivity contribution in [2.45, 2.75) is 39.7 Å². The predicted octanol–water partition coefficient (Wildman–Crippen LogP) is 2.27. The van der Waals surface area contributed by atoms with Gasteiger partial charge >= 0.3 is 12.0 Å². The average Bonchev–Trinajstić information content (AvgIpc) is 2.39. The number of carbonyl (C=O) groups is 2. The summed E-state index contributed by atoms with van der Waals surface area (Å²) in [6, 6.07) is -1.08. The molecule has 0 aliphatic carbocycles. The number of thioether (sulfide) groups is 1. The summed E-state index contributed by atoms with van der Waals surface area (Å²) in [7, 11) is 0. The van der Waals surface area contributed by atoms with Crippen LogP contribution < -0.4 is 5.32 Å². The van der Waals surface area contributed by atoms with E-state index in [1.807, 2.05) is 13.2 Å². The van der Waals surface area contributed by atoms with E-state index in [-0.39, 0.29) is 6.03 Å². The van der Waals surface area contributed by atoms with Gasteiger partial charge in [-0.3, -0.25) is 0 Å². The lowest BCUT2D eigenvalue weighted by molar-refractivity contribution is -0.139. The molecular weight excluding hydrogens is 264 g/mol. The van der Waals surface area contributed by atoms with Crippen molar-refractivity contribution in [3.05, 3.63) is 0 Å². The number of hydrogen-bond donors (Lipinski definition) is 2. The van der Waals surface area contributed by atoms with Gasteiger partial charge in [-0.2, -0.15) is 11.8 Å². The van der Waals surface area contributed by atoms with Crippen molar-refractivity contribution in [1.29, 1.82) is 0 Å². The highest BCUT2D eigenvalue weighted by molar-refractivity contribution is 7.98. The molecule has 0 aromatic carbocycles. The maximum Gasteiger partial charge on any atom is 0.326 e. The van der Waals surface area contributed by atoms with Crippen molar-refractivity contribution in [3.8, 4) is 0 Å². The predicted molar refractivity (Wildman–Crippen MR) is 79.7 cm³/mol. The van der Waals surface area contributed by atoms with E-state index in [9.17, 15) is 9.59 Å². The molecule has 0 rings (SSSR count). The van der Waals surface area contributed by atoms with Crippen molar-refractivity contribution in [3.63, 3.8) is 0 Å². The number of hydrogen-bond acceptors (Lipinski definition) is 3. The Labute approximate surface area is 120 Å². The number of carboxylic acids is 1. The minimum atomic E-state index is -0.970. The van der Waals surface area contributed by atoms with Crippen LogP contribution in [0.5, 0.6) is 0 Å². The maximum atomic E-state index is 12.0. The highest BCUT2D eigenvalue weighted by atomic mass is 32.2. The minimum absolute atomic E-state index is 0.281. The summed E-state index contributed by atoms with van der Waals surface area (Å²) in [5.74, 6) is 0.163. The lowest BCUT2D eigenvalue weighted by atomic mass is 10.1. The second kappa shape index (κ2) is 9.95. The largest absolute Gasteiger partial charge is 0.480 e. The summed E-state index contributed by atoms with van der Waals surface area (Å²) >= 11 is 1.57. The smallest absolute Gasteiger partial charge is 0.326 e. The molecular formula is C13H26N2O3S. The molecule has 112 valence electrons. The average molecular weight is 290 g/mol. The van der Waals surface area contributed by atoms with Crippen LogP contribution in [0.3, 0.4) is 0 Å². The molecule has 5 nitrogen and oxygen atoms in total. The van der Waals surface area contributed by atoms with Crippen LogP contribution in [0.1, 0.15) is 33.6 Å². The summed E-state index contributed by atoms with van der Waals surface area (Å²) in [5, 5.41) is 11.7. The summed E-state index contributed by atoms with van der Waals surface area (Å²) in [6.07, 6.45) is 3.36. The quantitative estimate of drug-likeness (QED) is 0.683. The summed E-state index contributed by atoms with van der Waals surface area (Å²) in [4.78, 5) is 24.8. The lowest BCUT2D eigenvalue weighted by Gasteiger charge is -2.26. The van der Waals surface area contributed by atoms with Crippen LogP contribution >= 0.6 is 11.8 Å². The number of nitrogens with zero attached hydrogens (tertiary/aromatic N) is 1. The van der Waals surface area contributed by atoms with Gasteiger partial charge in [0, 0.05) is 13.1 Å². The van der Waals surface area contributed by atoms with Crippen LogP contribution in [-0.2, 0) is 4.79 Å². The van der Waals surface area contributed by atoms with Crippen molar-refractivity contribution in [2.24, 2.45) is 5.92 Å². The van der Waals surface area contributed by atoms with Gasteiger partial charge in [-0.05, 0) is 31.3 Å². The Balaban J connectivity index is 4.45. The normalized spacial score (nSPS) is 13.7. The van der Waals surface area contributed by atoms with Gasteiger partial charge in [-0.1, -0.05) is 20.3 Å². The van der Waals surface area contributed by atoms with E-state index >= 15 is 0 Å². The third kappa shape index (κ3) is 7.30. The second-order valence-corrected chi connectivity index (χ2v) is 5.66. The molecule has 19 heavy (non-hydrogen) atoms. The van der Waals surface area contributed by atoms with Crippen LogP contribution in [0.25, 0.3) is 0 Å². The number of nitrogens with one attached hydrogen (secondary N) is 1. The fourth-order valence-electron chi connectivity index (χ4n) is 1.59. The van der Waals surface area contributed by atoms with Crippen molar-refractivity contribution < 1.29 is 14.7 Å². The molecule has 1 unspecified atom stereocenters. The molecule has 2 amide bonds. The number of urea groups is 1. The van der Waals surface area contributed by atoms with Crippen LogP contribution in [0.15, 0.2) is 0 Å². The van der Waals surface area contributed by atoms with Gasteiger partial charge in [0.1, 0.15) is 6.04 Å². The van der Waals surface area contributed by atoms with Crippen LogP contribution in [0.2, 0.25) is 0 Å². The SMILES string of the molecule is CCC(C)CN(CC)C(=O)N[C@@H](CCSC)C(=O)O. The highest BCUT2D eigenvalue weighted by Gasteiger charge is 2.22. The Bertz CT molecular complexity index is 287. The first kappa shape index (κ1) is 18.1. The van der Waals surface area contributed by atoms with Crippen LogP contribution in [-0.4, -0.2) is 53.1 Å². The Hall–Kier alpha value is -0.910. The molecule has 0 spiro atoms. The molecule has 2 N–H and O–H groups in total. The molecule has 0 aliphatic heterocycles. The van der Waals surface area contributed by atoms with Gasteiger partial charge < -0.3 is 15.3 Å². The molecule has 0 aliphatic rings. The number of amides is 2. The monoisotopic (exact) mass is 290 g/mol. The van der Waals surface area contributed by atoms with E-state index in [1.54, 1.807) is 16.7 Å². The van der Waals surface area contributed by atoms with Gasteiger partial charge in [0.15, 0.2) is 0 Å². The minimum Gasteiger partial charge on any atom is -0.480 e. The molecule has 0 aromatic rings. The standard InChI is InChI=1S/C13H26N2O3S/c1-5-10(3)9-15(6-2)13(18)14-11(12(16)17)7-8-19-4/h10-11H,5-9H2,1-4H3,(H,14,18)(H,16,17)/t10?,11-/m0/s1. The zero-order chi connectivity index (χ0) is 14.8. The van der Waals surface area contributed by atoms with Crippen LogP contribution in [0.4, 0.5) is 4.79 Å². The first-order valence-electron chi connectivity index (χ1n) is 6.73. The number of rotatable bonds is 9. The zero-order valence-electron chi connectivity index (χ0n) is 12.3. The molecule has 0 aromatic heterocycles. The zero-order valence-corrected chi connectivity index (χ0v) is 13.1. The Morgan fingerprint density at radius 2 is 2.00 bits per heavy atom. The van der Waals surface area contributed by atoms with Gasteiger partial charge in [0.25, 0.3) is 0 Å². The van der Waals surface area contributed by atoms with E-state index in [0.717, 1.165) is 6.42 Å². The van der Waals surface area contributed by atoms with Crippen molar-refractivity contribution >= 4 is 23.8 Å².